The molecule has 1 aliphatic heterocycles. The first-order valence-electron chi connectivity index (χ1n) is 9.16. The molecule has 1 saturated carbocycles. The molecule has 0 unspecified atom stereocenters. The second-order valence-electron chi connectivity index (χ2n) is 7.27. The number of hydrogen-bond donors (Lipinski definition) is 1. The van der Waals surface area contributed by atoms with Crippen molar-refractivity contribution in [2.45, 2.75) is 50.7 Å². The van der Waals surface area contributed by atoms with Crippen molar-refractivity contribution in [3.05, 3.63) is 53.1 Å². The molecule has 4 nitrogen and oxygen atoms in total. The van der Waals surface area contributed by atoms with Gasteiger partial charge < -0.3 is 14.8 Å². The third-order valence-electron chi connectivity index (χ3n) is 5.52. The Kier molecular flexibility index (Phi) is 3.27. The monoisotopic (exact) mass is 335 g/mol. The zero-order valence-electron chi connectivity index (χ0n) is 14.1. The Balaban J connectivity index is 1.34. The molecular formula is C21H21NO3. The van der Waals surface area contributed by atoms with Crippen molar-refractivity contribution < 1.29 is 14.3 Å². The Labute approximate surface area is 147 Å². The highest BCUT2D eigenvalue weighted by molar-refractivity contribution is 6.04. The SMILES string of the molecule is O=C(Nc1ccc2c(c1)OC1(CCCC1)O2)c1ccc2c(c1)CCC2. The molecular weight excluding hydrogens is 314 g/mol. The van der Waals surface area contributed by atoms with Crippen molar-refractivity contribution in [2.24, 2.45) is 0 Å². The zero-order chi connectivity index (χ0) is 16.9. The van der Waals surface area contributed by atoms with Gasteiger partial charge in [-0.05, 0) is 67.5 Å². The maximum atomic E-state index is 12.6. The van der Waals surface area contributed by atoms with E-state index in [1.807, 2.05) is 30.3 Å². The molecule has 128 valence electrons. The van der Waals surface area contributed by atoms with Gasteiger partial charge in [0.15, 0.2) is 11.5 Å². The van der Waals surface area contributed by atoms with Crippen LogP contribution in [0.5, 0.6) is 11.5 Å². The molecule has 0 saturated heterocycles. The van der Waals surface area contributed by atoms with Gasteiger partial charge in [-0.15, -0.1) is 0 Å². The minimum absolute atomic E-state index is 0.0795. The van der Waals surface area contributed by atoms with Gasteiger partial charge in [-0.1, -0.05) is 6.07 Å². The predicted octanol–water partition coefficient (Wildman–Crippen LogP) is 4.47. The van der Waals surface area contributed by atoms with Crippen LogP contribution in [0.3, 0.4) is 0 Å². The third kappa shape index (κ3) is 2.56. The van der Waals surface area contributed by atoms with Gasteiger partial charge in [-0.2, -0.15) is 0 Å². The van der Waals surface area contributed by atoms with Crippen LogP contribution < -0.4 is 14.8 Å². The second-order valence-corrected chi connectivity index (χ2v) is 7.27. The standard InChI is InChI=1S/C21H21NO3/c23-20(16-7-6-14-4-3-5-15(14)12-16)22-17-8-9-18-19(13-17)25-21(24-18)10-1-2-11-21/h6-9,12-13H,1-5,10-11H2,(H,22,23). The van der Waals surface area contributed by atoms with Gasteiger partial charge in [0.25, 0.3) is 11.7 Å². The van der Waals surface area contributed by atoms with Gasteiger partial charge in [0.05, 0.1) is 0 Å². The fourth-order valence-corrected chi connectivity index (χ4v) is 4.21. The first-order chi connectivity index (χ1) is 12.2. The number of hydrogen-bond acceptors (Lipinski definition) is 3. The highest BCUT2D eigenvalue weighted by Crippen LogP contribution is 2.47. The summed E-state index contributed by atoms with van der Waals surface area (Å²) in [5.41, 5.74) is 4.14. The topological polar surface area (TPSA) is 47.6 Å². The normalized spacial score (nSPS) is 19.2. The van der Waals surface area contributed by atoms with Crippen molar-refractivity contribution in [2.75, 3.05) is 5.32 Å². The molecule has 1 amide bonds. The fourth-order valence-electron chi connectivity index (χ4n) is 4.21. The number of carbonyl (C=O) groups excluding carboxylic acids is 1. The van der Waals surface area contributed by atoms with E-state index in [4.69, 9.17) is 9.47 Å². The number of carbonyl (C=O) groups is 1. The number of fused-ring (bicyclic) bond motifs is 2. The summed E-state index contributed by atoms with van der Waals surface area (Å²) in [7, 11) is 0. The van der Waals surface area contributed by atoms with E-state index >= 15 is 0 Å². The van der Waals surface area contributed by atoms with E-state index in [1.54, 1.807) is 0 Å². The number of aryl methyl sites for hydroxylation is 2. The highest BCUT2D eigenvalue weighted by atomic mass is 16.7. The quantitative estimate of drug-likeness (QED) is 0.881. The average Bonchev–Trinajstić information content (AvgIpc) is 3.33. The molecule has 2 aromatic rings. The molecule has 0 aromatic heterocycles. The number of benzene rings is 2. The molecule has 1 N–H and O–H groups in total. The van der Waals surface area contributed by atoms with E-state index in [0.717, 1.165) is 55.7 Å². The molecule has 1 heterocycles. The molecule has 2 aromatic carbocycles. The summed E-state index contributed by atoms with van der Waals surface area (Å²) in [6, 6.07) is 11.7. The lowest BCUT2D eigenvalue weighted by atomic mass is 10.1. The molecule has 25 heavy (non-hydrogen) atoms. The largest absolute Gasteiger partial charge is 0.448 e. The van der Waals surface area contributed by atoms with Crippen LogP contribution in [0.25, 0.3) is 0 Å². The summed E-state index contributed by atoms with van der Waals surface area (Å²) in [5.74, 6) is 0.959. The molecule has 4 heteroatoms. The van der Waals surface area contributed by atoms with Crippen molar-refractivity contribution in [3.63, 3.8) is 0 Å². The number of nitrogens with one attached hydrogen (secondary N) is 1. The number of ether oxygens (including phenoxy) is 2. The molecule has 0 radical (unpaired) electrons. The summed E-state index contributed by atoms with van der Waals surface area (Å²) in [6.45, 7) is 0. The van der Waals surface area contributed by atoms with E-state index in [2.05, 4.69) is 11.4 Å². The summed E-state index contributed by atoms with van der Waals surface area (Å²) < 4.78 is 12.1. The third-order valence-corrected chi connectivity index (χ3v) is 5.52. The van der Waals surface area contributed by atoms with Gasteiger partial charge in [0, 0.05) is 30.2 Å². The summed E-state index contributed by atoms with van der Waals surface area (Å²) in [5, 5.41) is 2.98. The van der Waals surface area contributed by atoms with Crippen molar-refractivity contribution >= 4 is 11.6 Å². The van der Waals surface area contributed by atoms with E-state index < -0.39 is 5.79 Å². The van der Waals surface area contributed by atoms with Gasteiger partial charge in [0.1, 0.15) is 0 Å². The Bertz CT molecular complexity index is 852. The van der Waals surface area contributed by atoms with Gasteiger partial charge in [-0.25, -0.2) is 0 Å². The fraction of sp³-hybridized carbons (Fsp3) is 0.381. The van der Waals surface area contributed by atoms with Crippen molar-refractivity contribution in [1.82, 2.24) is 0 Å². The van der Waals surface area contributed by atoms with Crippen LogP contribution >= 0.6 is 0 Å². The first kappa shape index (κ1) is 14.8. The van der Waals surface area contributed by atoms with Gasteiger partial charge >= 0.3 is 0 Å². The Morgan fingerprint density at radius 3 is 2.56 bits per heavy atom. The van der Waals surface area contributed by atoms with Crippen LogP contribution in [-0.2, 0) is 12.8 Å². The molecule has 1 fully saturated rings. The van der Waals surface area contributed by atoms with Crippen LogP contribution in [0.4, 0.5) is 5.69 Å². The molecule has 1 spiro atoms. The van der Waals surface area contributed by atoms with Crippen molar-refractivity contribution in [3.8, 4) is 11.5 Å². The Hall–Kier alpha value is -2.49. The first-order valence-corrected chi connectivity index (χ1v) is 9.16. The van der Waals surface area contributed by atoms with Gasteiger partial charge in [0.2, 0.25) is 0 Å². The zero-order valence-corrected chi connectivity index (χ0v) is 14.1. The molecule has 2 aliphatic carbocycles. The van der Waals surface area contributed by atoms with Crippen molar-refractivity contribution in [1.29, 1.82) is 0 Å². The minimum atomic E-state index is -0.467. The highest BCUT2D eigenvalue weighted by Gasteiger charge is 2.44. The molecule has 0 atom stereocenters. The average molecular weight is 335 g/mol. The Morgan fingerprint density at radius 1 is 0.880 bits per heavy atom. The number of amides is 1. The van der Waals surface area contributed by atoms with E-state index in [0.29, 0.717) is 5.56 Å². The predicted molar refractivity (Wildman–Crippen MR) is 95.3 cm³/mol. The second kappa shape index (κ2) is 5.51. The summed E-state index contributed by atoms with van der Waals surface area (Å²) in [4.78, 5) is 12.6. The smallest absolute Gasteiger partial charge is 0.255 e. The number of rotatable bonds is 2. The van der Waals surface area contributed by atoms with Crippen LogP contribution in [0.2, 0.25) is 0 Å². The maximum absolute atomic E-state index is 12.6. The van der Waals surface area contributed by atoms with Crippen LogP contribution in [0.15, 0.2) is 36.4 Å². The Morgan fingerprint density at radius 2 is 1.68 bits per heavy atom. The minimum Gasteiger partial charge on any atom is -0.448 e. The summed E-state index contributed by atoms with van der Waals surface area (Å²) in [6.07, 6.45) is 7.51. The van der Waals surface area contributed by atoms with E-state index in [9.17, 15) is 4.79 Å². The lowest BCUT2D eigenvalue weighted by molar-refractivity contribution is -0.0716. The lowest BCUT2D eigenvalue weighted by Gasteiger charge is -2.21. The van der Waals surface area contributed by atoms with E-state index in [1.165, 1.54) is 17.5 Å². The molecule has 3 aliphatic rings. The molecule has 5 rings (SSSR count). The number of anilines is 1. The lowest BCUT2D eigenvalue weighted by Crippen LogP contribution is -2.34. The van der Waals surface area contributed by atoms with Crippen LogP contribution in [0, 0.1) is 0 Å². The van der Waals surface area contributed by atoms with E-state index in [-0.39, 0.29) is 5.91 Å². The maximum Gasteiger partial charge on any atom is 0.255 e. The van der Waals surface area contributed by atoms with Crippen LogP contribution in [0.1, 0.15) is 53.6 Å². The summed E-state index contributed by atoms with van der Waals surface area (Å²) >= 11 is 0. The molecule has 0 bridgehead atoms. The van der Waals surface area contributed by atoms with Gasteiger partial charge in [-0.3, -0.25) is 4.79 Å². The van der Waals surface area contributed by atoms with Crippen LogP contribution in [-0.4, -0.2) is 11.7 Å².